The van der Waals surface area contributed by atoms with Gasteiger partial charge in [-0.25, -0.2) is 0 Å². The molecule has 0 fully saturated rings. The highest BCUT2D eigenvalue weighted by molar-refractivity contribution is 6.09. The monoisotopic (exact) mass is 438 g/mol. The Balaban J connectivity index is 1.62. The van der Waals surface area contributed by atoms with Crippen molar-refractivity contribution in [3.8, 4) is 22.8 Å². The summed E-state index contributed by atoms with van der Waals surface area (Å²) < 4.78 is 12.4. The van der Waals surface area contributed by atoms with Crippen molar-refractivity contribution in [3.63, 3.8) is 0 Å². The maximum atomic E-state index is 13.0. The summed E-state index contributed by atoms with van der Waals surface area (Å²) in [7, 11) is 3.22. The zero-order chi connectivity index (χ0) is 22.8. The van der Waals surface area contributed by atoms with Crippen LogP contribution in [0.15, 0.2) is 79.0 Å². The largest absolute Gasteiger partial charge is 0.497 e. The number of methoxy groups -OCH3 is 2. The first kappa shape index (κ1) is 20.5. The molecule has 2 aromatic heterocycles. The molecule has 1 amide bonds. The van der Waals surface area contributed by atoms with Crippen molar-refractivity contribution in [1.82, 2.24) is 14.8 Å². The average molecular weight is 438 g/mol. The van der Waals surface area contributed by atoms with Crippen LogP contribution in [0.5, 0.6) is 11.5 Å². The van der Waals surface area contributed by atoms with Crippen LogP contribution in [0, 0.1) is 0 Å². The van der Waals surface area contributed by atoms with Crippen LogP contribution >= 0.6 is 0 Å². The van der Waals surface area contributed by atoms with Gasteiger partial charge < -0.3 is 14.8 Å². The van der Waals surface area contributed by atoms with E-state index in [0.29, 0.717) is 17.2 Å². The van der Waals surface area contributed by atoms with Crippen LogP contribution in [0.4, 0.5) is 5.69 Å². The molecular weight excluding hydrogens is 416 g/mol. The topological polar surface area (TPSA) is 78.3 Å². The third kappa shape index (κ3) is 3.96. The molecule has 0 saturated carbocycles. The lowest BCUT2D eigenvalue weighted by Gasteiger charge is -2.09. The molecule has 5 aromatic rings. The van der Waals surface area contributed by atoms with Gasteiger partial charge in [-0.15, -0.1) is 0 Å². The molecule has 1 N–H and O–H groups in total. The summed E-state index contributed by atoms with van der Waals surface area (Å²) in [6.07, 6.45) is 1.82. The second-order valence-electron chi connectivity index (χ2n) is 7.56. The van der Waals surface area contributed by atoms with Crippen LogP contribution in [0.2, 0.25) is 0 Å². The molecule has 0 bridgehead atoms. The van der Waals surface area contributed by atoms with E-state index >= 15 is 0 Å². The molecule has 7 heteroatoms. The fraction of sp³-hybridized carbons (Fsp3) is 0.115. The van der Waals surface area contributed by atoms with Crippen molar-refractivity contribution in [3.05, 3.63) is 79.0 Å². The molecule has 0 aliphatic carbocycles. The number of anilines is 1. The van der Waals surface area contributed by atoms with E-state index in [2.05, 4.69) is 10.3 Å². The quantitative estimate of drug-likeness (QED) is 0.408. The molecule has 5 rings (SSSR count). The lowest BCUT2D eigenvalue weighted by atomic mass is 10.1. The van der Waals surface area contributed by atoms with Gasteiger partial charge in [-0.05, 0) is 30.3 Å². The molecule has 0 saturated heterocycles. The summed E-state index contributed by atoms with van der Waals surface area (Å²) in [6, 6.07) is 22.8. The maximum Gasteiger partial charge on any atom is 0.246 e. The second kappa shape index (κ2) is 8.63. The summed E-state index contributed by atoms with van der Waals surface area (Å²) in [5.74, 6) is 1.19. The lowest BCUT2D eigenvalue weighted by molar-refractivity contribution is -0.116. The summed E-state index contributed by atoms with van der Waals surface area (Å²) in [5.41, 5.74) is 4.03. The van der Waals surface area contributed by atoms with Crippen molar-refractivity contribution in [2.24, 2.45) is 0 Å². The van der Waals surface area contributed by atoms with Gasteiger partial charge in [-0.2, -0.15) is 5.10 Å². The third-order valence-electron chi connectivity index (χ3n) is 5.47. The highest BCUT2D eigenvalue weighted by atomic mass is 16.5. The number of amides is 1. The number of fused-ring (bicyclic) bond motifs is 3. The number of pyridine rings is 1. The minimum atomic E-state index is -0.194. The molecule has 0 unspecified atom stereocenters. The Kier molecular flexibility index (Phi) is 5.36. The fourth-order valence-corrected chi connectivity index (χ4v) is 3.92. The number of carbonyl (C=O) groups is 1. The van der Waals surface area contributed by atoms with E-state index < -0.39 is 0 Å². The maximum absolute atomic E-state index is 13.0. The number of aromatic nitrogens is 3. The second-order valence-corrected chi connectivity index (χ2v) is 7.56. The number of hydrogen-bond acceptors (Lipinski definition) is 5. The number of benzene rings is 3. The highest BCUT2D eigenvalue weighted by Crippen LogP contribution is 2.33. The molecule has 33 heavy (non-hydrogen) atoms. The zero-order valence-corrected chi connectivity index (χ0v) is 18.3. The summed E-state index contributed by atoms with van der Waals surface area (Å²) in [5, 5.41) is 9.50. The van der Waals surface area contributed by atoms with Gasteiger partial charge in [-0.3, -0.25) is 14.5 Å². The van der Waals surface area contributed by atoms with Crippen molar-refractivity contribution in [2.75, 3.05) is 19.5 Å². The Hall–Kier alpha value is -4.39. The van der Waals surface area contributed by atoms with Crippen LogP contribution in [-0.2, 0) is 11.3 Å². The van der Waals surface area contributed by atoms with Gasteiger partial charge in [-0.1, -0.05) is 36.4 Å². The number of rotatable bonds is 6. The van der Waals surface area contributed by atoms with Crippen LogP contribution in [0.3, 0.4) is 0 Å². The SMILES string of the molecule is COc1cccc(NC(=O)Cn2nc(-c3ccccc3)c3cnc4ccc(OC)cc4c32)c1. The molecule has 0 radical (unpaired) electrons. The number of nitrogens with zero attached hydrogens (tertiary/aromatic N) is 3. The predicted octanol–water partition coefficient (Wildman–Crippen LogP) is 4.91. The minimum absolute atomic E-state index is 0.0386. The number of hydrogen-bond donors (Lipinski definition) is 1. The fourth-order valence-electron chi connectivity index (χ4n) is 3.92. The molecule has 164 valence electrons. The Morgan fingerprint density at radius 3 is 2.48 bits per heavy atom. The molecule has 3 aromatic carbocycles. The molecule has 2 heterocycles. The van der Waals surface area contributed by atoms with E-state index in [1.54, 1.807) is 25.0 Å². The van der Waals surface area contributed by atoms with Crippen LogP contribution in [0.1, 0.15) is 0 Å². The van der Waals surface area contributed by atoms with E-state index in [9.17, 15) is 4.79 Å². The van der Waals surface area contributed by atoms with E-state index in [0.717, 1.165) is 33.1 Å². The molecule has 7 nitrogen and oxygen atoms in total. The zero-order valence-electron chi connectivity index (χ0n) is 18.3. The number of ether oxygens (including phenoxy) is 2. The van der Waals surface area contributed by atoms with E-state index in [1.165, 1.54) is 0 Å². The van der Waals surface area contributed by atoms with E-state index in [4.69, 9.17) is 14.6 Å². The van der Waals surface area contributed by atoms with Gasteiger partial charge in [0.1, 0.15) is 23.7 Å². The minimum Gasteiger partial charge on any atom is -0.497 e. The normalized spacial score (nSPS) is 11.0. The Labute approximate surface area is 190 Å². The van der Waals surface area contributed by atoms with Gasteiger partial charge in [0.2, 0.25) is 5.91 Å². The average Bonchev–Trinajstić information content (AvgIpc) is 3.22. The first-order valence-electron chi connectivity index (χ1n) is 10.5. The lowest BCUT2D eigenvalue weighted by Crippen LogP contribution is -2.19. The molecule has 0 atom stereocenters. The molecule has 0 aliphatic heterocycles. The first-order chi connectivity index (χ1) is 16.2. The van der Waals surface area contributed by atoms with Crippen LogP contribution in [-0.4, -0.2) is 34.9 Å². The number of carbonyl (C=O) groups excluding carboxylic acids is 1. The third-order valence-corrected chi connectivity index (χ3v) is 5.47. The van der Waals surface area contributed by atoms with E-state index in [-0.39, 0.29) is 12.5 Å². The van der Waals surface area contributed by atoms with E-state index in [1.807, 2.05) is 72.9 Å². The van der Waals surface area contributed by atoms with Gasteiger partial charge in [0, 0.05) is 34.3 Å². The van der Waals surface area contributed by atoms with Gasteiger partial charge in [0.15, 0.2) is 0 Å². The smallest absolute Gasteiger partial charge is 0.246 e. The Bertz CT molecular complexity index is 1460. The van der Waals surface area contributed by atoms with Gasteiger partial charge in [0.25, 0.3) is 0 Å². The van der Waals surface area contributed by atoms with Crippen molar-refractivity contribution in [2.45, 2.75) is 6.54 Å². The first-order valence-corrected chi connectivity index (χ1v) is 10.5. The highest BCUT2D eigenvalue weighted by Gasteiger charge is 2.18. The van der Waals surface area contributed by atoms with Crippen molar-refractivity contribution in [1.29, 1.82) is 0 Å². The van der Waals surface area contributed by atoms with Gasteiger partial charge >= 0.3 is 0 Å². The van der Waals surface area contributed by atoms with Gasteiger partial charge in [0.05, 0.1) is 25.3 Å². The molecule has 0 spiro atoms. The Morgan fingerprint density at radius 1 is 0.909 bits per heavy atom. The van der Waals surface area contributed by atoms with Crippen molar-refractivity contribution < 1.29 is 14.3 Å². The van der Waals surface area contributed by atoms with Crippen LogP contribution < -0.4 is 14.8 Å². The predicted molar refractivity (Wildman–Crippen MR) is 129 cm³/mol. The summed E-state index contributed by atoms with van der Waals surface area (Å²) >= 11 is 0. The molecular formula is C26H22N4O3. The Morgan fingerprint density at radius 2 is 1.70 bits per heavy atom. The number of nitrogens with one attached hydrogen (secondary N) is 1. The van der Waals surface area contributed by atoms with Crippen molar-refractivity contribution >= 4 is 33.4 Å². The van der Waals surface area contributed by atoms with Crippen LogP contribution in [0.25, 0.3) is 33.1 Å². The summed E-state index contributed by atoms with van der Waals surface area (Å²) in [6.45, 7) is 0.0386. The molecule has 0 aliphatic rings. The summed E-state index contributed by atoms with van der Waals surface area (Å²) in [4.78, 5) is 17.6. The standard InChI is InChI=1S/C26H22N4O3/c1-32-19-10-6-9-18(13-19)28-24(31)16-30-26-21-14-20(33-2)11-12-23(21)27-15-22(26)25(29-30)17-7-4-3-5-8-17/h3-15H,16H2,1-2H3,(H,28,31).